The quantitative estimate of drug-likeness (QED) is 0.709. The Morgan fingerprint density at radius 3 is 2.62 bits per heavy atom. The molecule has 7 nitrogen and oxygen atoms in total. The minimum atomic E-state index is -0.645. The van der Waals surface area contributed by atoms with Crippen molar-refractivity contribution in [3.8, 4) is 0 Å². The Kier molecular flexibility index (Phi) is 3.76. The molecule has 2 aromatic carbocycles. The topological polar surface area (TPSA) is 93.1 Å². The molecule has 0 aliphatic carbocycles. The number of hydrogen-bond donors (Lipinski definition) is 2. The highest BCUT2D eigenvalue weighted by molar-refractivity contribution is 6.03. The molecule has 1 atom stereocenters. The Hall–Kier alpha value is -3.48. The van der Waals surface area contributed by atoms with Crippen LogP contribution in [0.15, 0.2) is 48.5 Å². The summed E-state index contributed by atoms with van der Waals surface area (Å²) in [6, 6.07) is 13.5. The third-order valence-electron chi connectivity index (χ3n) is 4.40. The number of ketones is 1. The lowest BCUT2D eigenvalue weighted by Gasteiger charge is -2.12. The zero-order valence-electron chi connectivity index (χ0n) is 14.0. The molecule has 0 unspecified atom stereocenters. The third kappa shape index (κ3) is 2.73. The van der Waals surface area contributed by atoms with E-state index in [1.807, 2.05) is 24.3 Å². The molecule has 0 bridgehead atoms. The van der Waals surface area contributed by atoms with Gasteiger partial charge in [-0.2, -0.15) is 0 Å². The lowest BCUT2D eigenvalue weighted by molar-refractivity contribution is -0.123. The molecule has 2 N–H and O–H groups in total. The first-order chi connectivity index (χ1) is 12.5. The smallest absolute Gasteiger partial charge is 0.250 e. The Morgan fingerprint density at radius 1 is 1.15 bits per heavy atom. The maximum absolute atomic E-state index is 12.4. The van der Waals surface area contributed by atoms with Gasteiger partial charge in [0, 0.05) is 11.3 Å². The van der Waals surface area contributed by atoms with Crippen LogP contribution in [0.5, 0.6) is 0 Å². The molecule has 2 amide bonds. The second-order valence-electron chi connectivity index (χ2n) is 6.19. The lowest BCUT2D eigenvalue weighted by Crippen LogP contribution is -2.23. The van der Waals surface area contributed by atoms with Crippen molar-refractivity contribution in [2.24, 2.45) is 0 Å². The fourth-order valence-corrected chi connectivity index (χ4v) is 3.12. The highest BCUT2D eigenvalue weighted by Crippen LogP contribution is 2.32. The fourth-order valence-electron chi connectivity index (χ4n) is 3.12. The molecule has 1 aromatic heterocycles. The molecule has 1 aliphatic heterocycles. The molecule has 130 valence electrons. The standard InChI is InChI=1S/C19H16N4O3/c1-11(24)12-6-8-13(9-7-12)20-17(25)10-16-18(26)22-19-21-14-4-2-3-5-15(14)23(16)19/h2-9,16H,10H2,1H3,(H,20,25)(H,21,22,26)/t16-/m1/s1. The number of nitrogens with one attached hydrogen (secondary N) is 2. The number of carbonyl (C=O) groups excluding carboxylic acids is 3. The van der Waals surface area contributed by atoms with Crippen LogP contribution in [0.2, 0.25) is 0 Å². The van der Waals surface area contributed by atoms with Crippen molar-refractivity contribution >= 4 is 40.3 Å². The van der Waals surface area contributed by atoms with Gasteiger partial charge in [-0.3, -0.25) is 24.3 Å². The molecule has 0 fully saturated rings. The number of nitrogens with zero attached hydrogens (tertiary/aromatic N) is 2. The summed E-state index contributed by atoms with van der Waals surface area (Å²) in [6.45, 7) is 1.49. The SMILES string of the molecule is CC(=O)c1ccc(NC(=O)C[C@@H]2C(=O)Nc3nc4ccccc4n32)cc1. The van der Waals surface area contributed by atoms with E-state index in [2.05, 4.69) is 15.6 Å². The van der Waals surface area contributed by atoms with Crippen LogP contribution in [0.3, 0.4) is 0 Å². The van der Waals surface area contributed by atoms with E-state index >= 15 is 0 Å². The molecule has 3 aromatic rings. The van der Waals surface area contributed by atoms with Gasteiger partial charge in [-0.05, 0) is 43.3 Å². The first-order valence-electron chi connectivity index (χ1n) is 8.21. The third-order valence-corrected chi connectivity index (χ3v) is 4.40. The Bertz CT molecular complexity index is 1040. The van der Waals surface area contributed by atoms with E-state index in [9.17, 15) is 14.4 Å². The number of benzene rings is 2. The van der Waals surface area contributed by atoms with E-state index in [4.69, 9.17) is 0 Å². The van der Waals surface area contributed by atoms with Gasteiger partial charge in [0.1, 0.15) is 6.04 Å². The number of rotatable bonds is 4. The monoisotopic (exact) mass is 348 g/mol. The molecule has 0 radical (unpaired) electrons. The average Bonchev–Trinajstić information content (AvgIpc) is 3.11. The van der Waals surface area contributed by atoms with Gasteiger partial charge < -0.3 is 5.32 Å². The van der Waals surface area contributed by atoms with E-state index < -0.39 is 6.04 Å². The summed E-state index contributed by atoms with van der Waals surface area (Å²) in [4.78, 5) is 40.3. The minimum Gasteiger partial charge on any atom is -0.326 e. The van der Waals surface area contributed by atoms with Gasteiger partial charge in [-0.25, -0.2) is 4.98 Å². The summed E-state index contributed by atoms with van der Waals surface area (Å²) >= 11 is 0. The van der Waals surface area contributed by atoms with Gasteiger partial charge in [0.05, 0.1) is 17.5 Å². The van der Waals surface area contributed by atoms with E-state index in [1.54, 1.807) is 28.8 Å². The van der Waals surface area contributed by atoms with Crippen LogP contribution in [-0.2, 0) is 9.59 Å². The first-order valence-corrected chi connectivity index (χ1v) is 8.21. The number of amides is 2. The molecule has 2 heterocycles. The van der Waals surface area contributed by atoms with Crippen LogP contribution in [0, 0.1) is 0 Å². The molecule has 1 aliphatic rings. The van der Waals surface area contributed by atoms with Crippen molar-refractivity contribution in [2.45, 2.75) is 19.4 Å². The second-order valence-corrected chi connectivity index (χ2v) is 6.19. The van der Waals surface area contributed by atoms with E-state index in [1.165, 1.54) is 6.92 Å². The van der Waals surface area contributed by atoms with Crippen LogP contribution >= 0.6 is 0 Å². The maximum Gasteiger partial charge on any atom is 0.250 e. The van der Waals surface area contributed by atoms with Crippen LogP contribution in [0.25, 0.3) is 11.0 Å². The predicted octanol–water partition coefficient (Wildman–Crippen LogP) is 2.76. The number of fused-ring (bicyclic) bond motifs is 3. The highest BCUT2D eigenvalue weighted by atomic mass is 16.2. The van der Waals surface area contributed by atoms with Gasteiger partial charge in [0.15, 0.2) is 5.78 Å². The van der Waals surface area contributed by atoms with Crippen molar-refractivity contribution < 1.29 is 14.4 Å². The van der Waals surface area contributed by atoms with E-state index in [0.29, 0.717) is 17.2 Å². The van der Waals surface area contributed by atoms with Crippen LogP contribution in [0.1, 0.15) is 29.7 Å². The molecule has 0 saturated heterocycles. The average molecular weight is 348 g/mol. The molecular weight excluding hydrogens is 332 g/mol. The normalized spacial score (nSPS) is 15.6. The van der Waals surface area contributed by atoms with Gasteiger partial charge in [-0.1, -0.05) is 12.1 Å². The van der Waals surface area contributed by atoms with Crippen molar-refractivity contribution in [3.63, 3.8) is 0 Å². The van der Waals surface area contributed by atoms with Crippen molar-refractivity contribution in [2.75, 3.05) is 10.6 Å². The Labute approximate surface area is 149 Å². The van der Waals surface area contributed by atoms with Crippen LogP contribution in [-0.4, -0.2) is 27.1 Å². The fraction of sp³-hybridized carbons (Fsp3) is 0.158. The zero-order valence-corrected chi connectivity index (χ0v) is 14.0. The molecule has 4 rings (SSSR count). The summed E-state index contributed by atoms with van der Waals surface area (Å²) in [7, 11) is 0. The Morgan fingerprint density at radius 2 is 1.88 bits per heavy atom. The van der Waals surface area contributed by atoms with Gasteiger partial charge in [-0.15, -0.1) is 0 Å². The van der Waals surface area contributed by atoms with Crippen molar-refractivity contribution in [1.82, 2.24) is 9.55 Å². The number of Topliss-reactive ketones (excluding diaryl/α,β-unsaturated/α-hetero) is 1. The molecule has 7 heteroatoms. The maximum atomic E-state index is 12.4. The molecule has 0 spiro atoms. The number of para-hydroxylation sites is 2. The zero-order chi connectivity index (χ0) is 18.3. The van der Waals surface area contributed by atoms with E-state index in [0.717, 1.165) is 11.0 Å². The summed E-state index contributed by atoms with van der Waals surface area (Å²) in [5.74, 6) is -0.114. The van der Waals surface area contributed by atoms with Crippen LogP contribution < -0.4 is 10.6 Å². The summed E-state index contributed by atoms with van der Waals surface area (Å²) in [6.07, 6.45) is -0.00630. The minimum absolute atomic E-state index is 0.00630. The molecule has 26 heavy (non-hydrogen) atoms. The number of carbonyl (C=O) groups is 3. The molecular formula is C19H16N4O3. The molecule has 0 saturated carbocycles. The van der Waals surface area contributed by atoms with Gasteiger partial charge >= 0.3 is 0 Å². The van der Waals surface area contributed by atoms with Crippen molar-refractivity contribution in [1.29, 1.82) is 0 Å². The summed E-state index contributed by atoms with van der Waals surface area (Å²) in [5.41, 5.74) is 2.74. The largest absolute Gasteiger partial charge is 0.326 e. The number of imidazole rings is 1. The number of anilines is 2. The lowest BCUT2D eigenvalue weighted by atomic mass is 10.1. The summed E-state index contributed by atoms with van der Waals surface area (Å²) < 4.78 is 1.76. The highest BCUT2D eigenvalue weighted by Gasteiger charge is 2.34. The second kappa shape index (κ2) is 6.11. The van der Waals surface area contributed by atoms with Gasteiger partial charge in [0.2, 0.25) is 17.8 Å². The van der Waals surface area contributed by atoms with Crippen LogP contribution in [0.4, 0.5) is 11.6 Å². The van der Waals surface area contributed by atoms with Gasteiger partial charge in [0.25, 0.3) is 0 Å². The number of aromatic nitrogens is 2. The first kappa shape index (κ1) is 16.0. The predicted molar refractivity (Wildman–Crippen MR) is 97.1 cm³/mol. The van der Waals surface area contributed by atoms with E-state index in [-0.39, 0.29) is 24.0 Å². The number of hydrogen-bond acceptors (Lipinski definition) is 4. The van der Waals surface area contributed by atoms with Crippen molar-refractivity contribution in [3.05, 3.63) is 54.1 Å². The Balaban J connectivity index is 1.53. The summed E-state index contributed by atoms with van der Waals surface area (Å²) in [5, 5.41) is 5.48.